The molecule has 5 nitrogen and oxygen atoms in total. The Labute approximate surface area is 102 Å². The number of hydrogen-bond donors (Lipinski definition) is 1. The fourth-order valence-corrected chi connectivity index (χ4v) is 2.35. The number of piperidine rings is 1. The monoisotopic (exact) mass is 236 g/mol. The summed E-state index contributed by atoms with van der Waals surface area (Å²) in [6.07, 6.45) is 2.18. The molecule has 1 N–H and O–H groups in total. The van der Waals surface area contributed by atoms with Crippen molar-refractivity contribution in [2.45, 2.75) is 33.6 Å². The van der Waals surface area contributed by atoms with Gasteiger partial charge in [-0.1, -0.05) is 13.8 Å². The van der Waals surface area contributed by atoms with Crippen LogP contribution in [0.1, 0.15) is 43.1 Å². The van der Waals surface area contributed by atoms with Crippen LogP contribution in [0.15, 0.2) is 0 Å². The summed E-state index contributed by atoms with van der Waals surface area (Å²) in [5.41, 5.74) is 0. The van der Waals surface area contributed by atoms with Crippen molar-refractivity contribution in [3.63, 3.8) is 0 Å². The molecule has 2 heterocycles. The molecule has 0 bridgehead atoms. The molecule has 94 valence electrons. The average Bonchev–Trinajstić information content (AvgIpc) is 2.75. The van der Waals surface area contributed by atoms with Gasteiger partial charge in [0.15, 0.2) is 0 Å². The lowest BCUT2D eigenvalue weighted by Gasteiger charge is -2.33. The maximum Gasteiger partial charge on any atom is 0.293 e. The zero-order valence-corrected chi connectivity index (χ0v) is 10.7. The molecule has 1 aliphatic heterocycles. The van der Waals surface area contributed by atoms with E-state index in [4.69, 9.17) is 0 Å². The summed E-state index contributed by atoms with van der Waals surface area (Å²) in [5, 5.41) is 6.62. The first-order valence-electron chi connectivity index (χ1n) is 6.26. The van der Waals surface area contributed by atoms with Crippen LogP contribution in [-0.2, 0) is 0 Å². The molecule has 1 amide bonds. The third-order valence-corrected chi connectivity index (χ3v) is 3.56. The summed E-state index contributed by atoms with van der Waals surface area (Å²) in [6, 6.07) is 0. The molecule has 0 saturated carbocycles. The van der Waals surface area contributed by atoms with Gasteiger partial charge in [0, 0.05) is 13.1 Å². The predicted molar refractivity (Wildman–Crippen MR) is 64.6 cm³/mol. The highest BCUT2D eigenvalue weighted by atomic mass is 16.2. The van der Waals surface area contributed by atoms with Crippen molar-refractivity contribution in [2.75, 3.05) is 13.1 Å². The van der Waals surface area contributed by atoms with Crippen molar-refractivity contribution in [3.8, 4) is 0 Å². The number of likely N-dealkylation sites (tertiary alicyclic amines) is 1. The first-order chi connectivity index (χ1) is 8.08. The number of H-pyrrole nitrogens is 1. The fourth-order valence-electron chi connectivity index (χ4n) is 2.35. The number of aromatic amines is 1. The quantitative estimate of drug-likeness (QED) is 0.848. The van der Waals surface area contributed by atoms with Gasteiger partial charge in [-0.15, -0.1) is 5.10 Å². The molecule has 2 rings (SSSR count). The Bertz CT molecular complexity index is 391. The van der Waals surface area contributed by atoms with Gasteiger partial charge in [-0.25, -0.2) is 4.98 Å². The average molecular weight is 236 g/mol. The first-order valence-corrected chi connectivity index (χ1v) is 6.26. The van der Waals surface area contributed by atoms with Gasteiger partial charge < -0.3 is 4.90 Å². The lowest BCUT2D eigenvalue weighted by atomic mass is 9.87. The summed E-state index contributed by atoms with van der Waals surface area (Å²) in [6.45, 7) is 7.96. The third kappa shape index (κ3) is 2.65. The smallest absolute Gasteiger partial charge is 0.293 e. The van der Waals surface area contributed by atoms with Crippen LogP contribution in [0, 0.1) is 18.8 Å². The van der Waals surface area contributed by atoms with Crippen LogP contribution >= 0.6 is 0 Å². The van der Waals surface area contributed by atoms with E-state index in [2.05, 4.69) is 29.0 Å². The topological polar surface area (TPSA) is 61.9 Å². The molecule has 1 fully saturated rings. The van der Waals surface area contributed by atoms with Gasteiger partial charge in [0.1, 0.15) is 5.82 Å². The Kier molecular flexibility index (Phi) is 3.45. The highest BCUT2D eigenvalue weighted by molar-refractivity contribution is 5.90. The van der Waals surface area contributed by atoms with E-state index in [9.17, 15) is 4.79 Å². The summed E-state index contributed by atoms with van der Waals surface area (Å²) in [4.78, 5) is 18.0. The van der Waals surface area contributed by atoms with E-state index in [1.165, 1.54) is 0 Å². The number of aromatic nitrogens is 3. The largest absolute Gasteiger partial charge is 0.336 e. The van der Waals surface area contributed by atoms with Crippen LogP contribution in [0.2, 0.25) is 0 Å². The number of aryl methyl sites for hydroxylation is 1. The zero-order chi connectivity index (χ0) is 12.4. The van der Waals surface area contributed by atoms with Crippen molar-refractivity contribution in [2.24, 2.45) is 11.8 Å². The Morgan fingerprint density at radius 2 is 2.06 bits per heavy atom. The minimum atomic E-state index is -0.0449. The second-order valence-corrected chi connectivity index (χ2v) is 5.12. The molecule has 1 aliphatic rings. The van der Waals surface area contributed by atoms with Crippen molar-refractivity contribution in [3.05, 3.63) is 11.6 Å². The second kappa shape index (κ2) is 4.85. The van der Waals surface area contributed by atoms with Crippen molar-refractivity contribution >= 4 is 5.91 Å². The number of carbonyl (C=O) groups is 1. The van der Waals surface area contributed by atoms with Gasteiger partial charge in [-0.2, -0.15) is 0 Å². The van der Waals surface area contributed by atoms with Crippen LogP contribution in [0.25, 0.3) is 0 Å². The number of nitrogens with zero attached hydrogens (tertiary/aromatic N) is 3. The van der Waals surface area contributed by atoms with Crippen LogP contribution in [0.4, 0.5) is 0 Å². The van der Waals surface area contributed by atoms with Crippen LogP contribution in [0.5, 0.6) is 0 Å². The minimum Gasteiger partial charge on any atom is -0.336 e. The molecule has 0 spiro atoms. The van der Waals surface area contributed by atoms with Crippen molar-refractivity contribution in [1.29, 1.82) is 0 Å². The molecule has 5 heteroatoms. The van der Waals surface area contributed by atoms with E-state index < -0.39 is 0 Å². The van der Waals surface area contributed by atoms with E-state index >= 15 is 0 Å². The van der Waals surface area contributed by atoms with E-state index in [1.807, 2.05) is 4.90 Å². The number of rotatable bonds is 2. The Morgan fingerprint density at radius 1 is 1.41 bits per heavy atom. The number of amides is 1. The minimum absolute atomic E-state index is 0.0449. The SMILES string of the molecule is Cc1nc(C(=O)N2CCC(C(C)C)CC2)n[nH]1. The summed E-state index contributed by atoms with van der Waals surface area (Å²) < 4.78 is 0. The zero-order valence-electron chi connectivity index (χ0n) is 10.7. The van der Waals surface area contributed by atoms with Gasteiger partial charge >= 0.3 is 0 Å². The predicted octanol–water partition coefficient (Wildman–Crippen LogP) is 1.62. The number of nitrogens with one attached hydrogen (secondary N) is 1. The summed E-state index contributed by atoms with van der Waals surface area (Å²) in [7, 11) is 0. The van der Waals surface area contributed by atoms with E-state index in [-0.39, 0.29) is 5.91 Å². The van der Waals surface area contributed by atoms with Gasteiger partial charge in [-0.3, -0.25) is 9.89 Å². The van der Waals surface area contributed by atoms with E-state index in [0.29, 0.717) is 17.6 Å². The number of carbonyl (C=O) groups excluding carboxylic acids is 1. The summed E-state index contributed by atoms with van der Waals surface area (Å²) in [5.74, 6) is 2.39. The fraction of sp³-hybridized carbons (Fsp3) is 0.750. The molecule has 17 heavy (non-hydrogen) atoms. The molecule has 0 radical (unpaired) electrons. The van der Waals surface area contributed by atoms with Crippen molar-refractivity contribution in [1.82, 2.24) is 20.1 Å². The van der Waals surface area contributed by atoms with Crippen LogP contribution < -0.4 is 0 Å². The molecule has 0 unspecified atom stereocenters. The molecule has 0 atom stereocenters. The van der Waals surface area contributed by atoms with E-state index in [1.54, 1.807) is 6.92 Å². The van der Waals surface area contributed by atoms with Crippen molar-refractivity contribution < 1.29 is 4.79 Å². The highest BCUT2D eigenvalue weighted by Crippen LogP contribution is 2.24. The molecular weight excluding hydrogens is 216 g/mol. The maximum absolute atomic E-state index is 12.1. The Balaban J connectivity index is 1.95. The molecule has 0 aromatic carbocycles. The van der Waals surface area contributed by atoms with Gasteiger partial charge in [0.25, 0.3) is 5.91 Å². The lowest BCUT2D eigenvalue weighted by molar-refractivity contribution is 0.0656. The lowest BCUT2D eigenvalue weighted by Crippen LogP contribution is -2.40. The molecule has 1 aromatic heterocycles. The third-order valence-electron chi connectivity index (χ3n) is 3.56. The highest BCUT2D eigenvalue weighted by Gasteiger charge is 2.26. The van der Waals surface area contributed by atoms with Gasteiger partial charge in [0.05, 0.1) is 0 Å². The Morgan fingerprint density at radius 3 is 2.53 bits per heavy atom. The maximum atomic E-state index is 12.1. The standard InChI is InChI=1S/C12H20N4O/c1-8(2)10-4-6-16(7-5-10)12(17)11-13-9(3)14-15-11/h8,10H,4-7H2,1-3H3,(H,13,14,15). The molecular formula is C12H20N4O. The Hall–Kier alpha value is -1.39. The summed E-state index contributed by atoms with van der Waals surface area (Å²) >= 11 is 0. The van der Waals surface area contributed by atoms with Crippen LogP contribution in [0.3, 0.4) is 0 Å². The van der Waals surface area contributed by atoms with Gasteiger partial charge in [0.2, 0.25) is 5.82 Å². The second-order valence-electron chi connectivity index (χ2n) is 5.12. The molecule has 0 aliphatic carbocycles. The molecule has 1 aromatic rings. The number of hydrogen-bond acceptors (Lipinski definition) is 3. The van der Waals surface area contributed by atoms with Gasteiger partial charge in [-0.05, 0) is 31.6 Å². The first kappa shape index (κ1) is 12.1. The normalized spacial score (nSPS) is 17.8. The molecule has 1 saturated heterocycles. The van der Waals surface area contributed by atoms with Crippen LogP contribution in [-0.4, -0.2) is 39.1 Å². The van der Waals surface area contributed by atoms with E-state index in [0.717, 1.165) is 31.8 Å².